The molecule has 0 saturated carbocycles. The fourth-order valence-corrected chi connectivity index (χ4v) is 7.18. The first-order chi connectivity index (χ1) is 23.6. The Hall–Kier alpha value is -3.64. The number of aliphatic hydroxyl groups is 1. The van der Waals surface area contributed by atoms with E-state index in [0.717, 1.165) is 24.0 Å². The maximum atomic E-state index is 14.0. The molecular weight excluding hydrogens is 620 g/mol. The van der Waals surface area contributed by atoms with Gasteiger partial charge in [-0.2, -0.15) is 0 Å². The third kappa shape index (κ3) is 11.2. The zero-order valence-corrected chi connectivity index (χ0v) is 29.1. The van der Waals surface area contributed by atoms with Crippen LogP contribution in [0.4, 0.5) is 0 Å². The number of carbonyl (C=O) groups is 4. The molecule has 3 fully saturated rings. The molecule has 3 aliphatic heterocycles. The van der Waals surface area contributed by atoms with Crippen molar-refractivity contribution in [2.45, 2.75) is 95.4 Å². The Labute approximate surface area is 291 Å². The predicted octanol–water partition coefficient (Wildman–Crippen LogP) is 1.80. The highest BCUT2D eigenvalue weighted by molar-refractivity contribution is 5.95. The number of fused-ring (bicyclic) bond motifs is 2. The number of carbonyl (C=O) groups excluding carboxylic acids is 4. The first kappa shape index (κ1) is 38.2. The van der Waals surface area contributed by atoms with Gasteiger partial charge in [-0.25, -0.2) is 0 Å². The lowest BCUT2D eigenvalue weighted by Crippen LogP contribution is -2.71. The van der Waals surface area contributed by atoms with E-state index in [-0.39, 0.29) is 55.0 Å². The molecule has 11 nitrogen and oxygen atoms in total. The van der Waals surface area contributed by atoms with Gasteiger partial charge in [-0.05, 0) is 68.5 Å². The number of rotatable bonds is 20. The molecule has 5 rings (SSSR count). The summed E-state index contributed by atoms with van der Waals surface area (Å²) in [6.07, 6.45) is 3.85. The number of hydrogen-bond donors (Lipinski definition) is 5. The summed E-state index contributed by atoms with van der Waals surface area (Å²) in [6.45, 7) is 6.32. The summed E-state index contributed by atoms with van der Waals surface area (Å²) in [5.74, 6) is -1.69. The van der Waals surface area contributed by atoms with Crippen LogP contribution in [0.2, 0.25) is 0 Å². The Morgan fingerprint density at radius 2 is 1.45 bits per heavy atom. The molecule has 268 valence electrons. The second kappa shape index (κ2) is 18.9. The Balaban J connectivity index is 1.46. The summed E-state index contributed by atoms with van der Waals surface area (Å²) < 4.78 is 0. The number of hydrogen-bond acceptors (Lipinski definition) is 8. The van der Waals surface area contributed by atoms with E-state index in [2.05, 4.69) is 15.5 Å². The van der Waals surface area contributed by atoms with Gasteiger partial charge in [0.25, 0.3) is 0 Å². The molecule has 11 heteroatoms. The summed E-state index contributed by atoms with van der Waals surface area (Å²) >= 11 is 0. The van der Waals surface area contributed by atoms with Crippen molar-refractivity contribution in [2.75, 3.05) is 32.8 Å². The van der Waals surface area contributed by atoms with E-state index in [1.165, 1.54) is 0 Å². The molecule has 2 aromatic carbocycles. The maximum Gasteiger partial charge on any atom is 0.245 e. The number of benzene rings is 2. The van der Waals surface area contributed by atoms with Crippen molar-refractivity contribution in [1.82, 2.24) is 20.4 Å². The first-order valence-electron chi connectivity index (χ1n) is 17.9. The van der Waals surface area contributed by atoms with E-state index in [1.54, 1.807) is 0 Å². The Morgan fingerprint density at radius 1 is 0.857 bits per heavy atom. The third-order valence-electron chi connectivity index (χ3n) is 9.77. The zero-order chi connectivity index (χ0) is 35.3. The van der Waals surface area contributed by atoms with Crippen LogP contribution in [-0.4, -0.2) is 101 Å². The molecule has 0 aliphatic carbocycles. The summed E-state index contributed by atoms with van der Waals surface area (Å²) in [4.78, 5) is 59.2. The molecule has 3 heterocycles. The monoisotopic (exact) mass is 676 g/mol. The summed E-state index contributed by atoms with van der Waals surface area (Å²) in [5, 5.41) is 15.4. The van der Waals surface area contributed by atoms with Crippen LogP contribution in [0.15, 0.2) is 60.7 Å². The van der Waals surface area contributed by atoms with Crippen molar-refractivity contribution < 1.29 is 24.3 Å². The highest BCUT2D eigenvalue weighted by Crippen LogP contribution is 2.32. The Bertz CT molecular complexity index is 1350. The lowest BCUT2D eigenvalue weighted by Gasteiger charge is -2.56. The molecule has 6 atom stereocenters. The molecule has 3 aliphatic rings. The number of nitrogens with two attached hydrogens (primary N) is 2. The van der Waals surface area contributed by atoms with Crippen molar-refractivity contribution in [3.05, 3.63) is 71.8 Å². The number of amides is 3. The second-order valence-corrected chi connectivity index (χ2v) is 14.1. The number of Topliss-reactive ketones (excluding diaryl/α,β-unsaturated/α-hetero) is 1. The number of nitrogens with zero attached hydrogens (tertiary/aromatic N) is 2. The molecule has 0 radical (unpaired) electrons. The van der Waals surface area contributed by atoms with Crippen LogP contribution in [0.25, 0.3) is 0 Å². The molecule has 3 amide bonds. The number of ketones is 1. The van der Waals surface area contributed by atoms with Gasteiger partial charge < -0.3 is 32.1 Å². The van der Waals surface area contributed by atoms with Crippen molar-refractivity contribution >= 4 is 23.5 Å². The standard InChI is InChI=1S/C38H56N6O5/c1-26(2)19-29(36(47)41-33(15-9-10-16-39)38(49)43-24-30-23-31(25-43)44(30)17-18-45)22-35(46)34(21-28-13-7-4-8-14-28)42-37(48)32(40)20-27-11-5-3-6-12-27/h3-8,11-14,26,29-34,45H,9-10,15-25,39-40H2,1-2H3,(H,41,47)(H,42,48). The molecule has 0 spiro atoms. The fraction of sp³-hybridized carbons (Fsp3) is 0.579. The average Bonchev–Trinajstić information content (AvgIpc) is 3.09. The minimum atomic E-state index is -0.872. The highest BCUT2D eigenvalue weighted by atomic mass is 16.3. The van der Waals surface area contributed by atoms with Crippen molar-refractivity contribution in [1.29, 1.82) is 0 Å². The number of piperazine rings is 1. The lowest BCUT2D eigenvalue weighted by atomic mass is 9.86. The van der Waals surface area contributed by atoms with Gasteiger partial charge in [-0.3, -0.25) is 24.1 Å². The second-order valence-electron chi connectivity index (χ2n) is 14.1. The number of unbranched alkanes of at least 4 members (excludes halogenated alkanes) is 1. The largest absolute Gasteiger partial charge is 0.395 e. The summed E-state index contributed by atoms with van der Waals surface area (Å²) in [6, 6.07) is 16.9. The van der Waals surface area contributed by atoms with Gasteiger partial charge in [-0.15, -0.1) is 0 Å². The zero-order valence-electron chi connectivity index (χ0n) is 29.1. The fourth-order valence-electron chi connectivity index (χ4n) is 7.18. The van der Waals surface area contributed by atoms with E-state index < -0.39 is 30.0 Å². The molecule has 49 heavy (non-hydrogen) atoms. The van der Waals surface area contributed by atoms with Crippen LogP contribution in [-0.2, 0) is 32.0 Å². The first-order valence-corrected chi connectivity index (χ1v) is 17.9. The highest BCUT2D eigenvalue weighted by Gasteiger charge is 2.46. The predicted molar refractivity (Wildman–Crippen MR) is 190 cm³/mol. The van der Waals surface area contributed by atoms with E-state index in [9.17, 15) is 24.3 Å². The number of aliphatic hydroxyl groups excluding tert-OH is 1. The van der Waals surface area contributed by atoms with E-state index in [4.69, 9.17) is 11.5 Å². The van der Waals surface area contributed by atoms with E-state index in [1.807, 2.05) is 79.4 Å². The van der Waals surface area contributed by atoms with Gasteiger partial charge in [0.15, 0.2) is 5.78 Å². The Kier molecular flexibility index (Phi) is 14.8. The quantitative estimate of drug-likeness (QED) is 0.132. The topological polar surface area (TPSA) is 171 Å². The maximum absolute atomic E-state index is 14.0. The van der Waals surface area contributed by atoms with Crippen molar-refractivity contribution in [2.24, 2.45) is 23.3 Å². The van der Waals surface area contributed by atoms with Crippen LogP contribution in [0.5, 0.6) is 0 Å². The van der Waals surface area contributed by atoms with Crippen LogP contribution in [0.3, 0.4) is 0 Å². The van der Waals surface area contributed by atoms with E-state index in [0.29, 0.717) is 51.9 Å². The molecule has 2 bridgehead atoms. The molecule has 3 saturated heterocycles. The van der Waals surface area contributed by atoms with Crippen molar-refractivity contribution in [3.8, 4) is 0 Å². The molecule has 2 aromatic rings. The molecule has 6 unspecified atom stereocenters. The normalized spacial score (nSPS) is 19.8. The van der Waals surface area contributed by atoms with Crippen LogP contribution in [0.1, 0.15) is 63.5 Å². The van der Waals surface area contributed by atoms with Crippen LogP contribution >= 0.6 is 0 Å². The van der Waals surface area contributed by atoms with Crippen LogP contribution < -0.4 is 22.1 Å². The number of nitrogens with one attached hydrogen (secondary N) is 2. The molecule has 0 aromatic heterocycles. The summed E-state index contributed by atoms with van der Waals surface area (Å²) in [5.41, 5.74) is 13.8. The minimum absolute atomic E-state index is 0.0800. The van der Waals surface area contributed by atoms with Gasteiger partial charge in [0.2, 0.25) is 17.7 Å². The van der Waals surface area contributed by atoms with Gasteiger partial charge in [0, 0.05) is 44.1 Å². The van der Waals surface area contributed by atoms with Gasteiger partial charge in [0.05, 0.1) is 18.7 Å². The van der Waals surface area contributed by atoms with Gasteiger partial charge >= 0.3 is 0 Å². The average molecular weight is 677 g/mol. The van der Waals surface area contributed by atoms with Gasteiger partial charge in [-0.1, -0.05) is 74.5 Å². The molecule has 7 N–H and O–H groups in total. The third-order valence-corrected chi connectivity index (χ3v) is 9.77. The van der Waals surface area contributed by atoms with E-state index >= 15 is 0 Å². The van der Waals surface area contributed by atoms with Gasteiger partial charge in [0.1, 0.15) is 6.04 Å². The lowest BCUT2D eigenvalue weighted by molar-refractivity contribution is -0.148. The van der Waals surface area contributed by atoms with Crippen LogP contribution in [0, 0.1) is 11.8 Å². The Morgan fingerprint density at radius 3 is 2.02 bits per heavy atom. The van der Waals surface area contributed by atoms with Crippen molar-refractivity contribution in [3.63, 3.8) is 0 Å². The smallest absolute Gasteiger partial charge is 0.245 e. The minimum Gasteiger partial charge on any atom is -0.395 e. The SMILES string of the molecule is CC(C)CC(CC(=O)C(Cc1ccccc1)NC(=O)C(N)Cc1ccccc1)C(=O)NC(CCCCN)C(=O)N1CC2CC(C1)N2CCO. The summed E-state index contributed by atoms with van der Waals surface area (Å²) in [7, 11) is 0. The molecular formula is C38H56N6O5. The number of piperidine rings is 1.